The summed E-state index contributed by atoms with van der Waals surface area (Å²) < 4.78 is 20.1. The molecule has 0 bridgehead atoms. The van der Waals surface area contributed by atoms with E-state index in [4.69, 9.17) is 18.9 Å². The van der Waals surface area contributed by atoms with Crippen LogP contribution in [-0.4, -0.2) is 51.3 Å². The van der Waals surface area contributed by atoms with Crippen molar-refractivity contribution in [1.29, 1.82) is 0 Å². The summed E-state index contributed by atoms with van der Waals surface area (Å²) in [6.07, 6.45) is 1.79. The highest BCUT2D eigenvalue weighted by Crippen LogP contribution is 2.16. The van der Waals surface area contributed by atoms with Gasteiger partial charge in [0.1, 0.15) is 25.2 Å². The second-order valence-corrected chi connectivity index (χ2v) is 6.73. The molecule has 1 heterocycles. The second-order valence-electron chi connectivity index (χ2n) is 6.73. The number of anilines is 1. The van der Waals surface area contributed by atoms with Gasteiger partial charge in [0.05, 0.1) is 18.4 Å². The molecule has 1 aliphatic rings. The van der Waals surface area contributed by atoms with Gasteiger partial charge in [-0.3, -0.25) is 9.59 Å². The summed E-state index contributed by atoms with van der Waals surface area (Å²) in [6.45, 7) is 0.458. The first-order valence-electron chi connectivity index (χ1n) is 9.98. The summed E-state index contributed by atoms with van der Waals surface area (Å²) in [4.78, 5) is 36.7. The molecule has 2 aromatic rings. The minimum absolute atomic E-state index is 0.0966. The number of ether oxygens (including phenoxy) is 4. The molecule has 0 saturated heterocycles. The highest BCUT2D eigenvalue weighted by atomic mass is 16.6. The highest BCUT2D eigenvalue weighted by Gasteiger charge is 2.19. The largest absolute Gasteiger partial charge is 0.497 e. The van der Waals surface area contributed by atoms with Crippen LogP contribution in [0.5, 0.6) is 5.75 Å². The Morgan fingerprint density at radius 1 is 1.03 bits per heavy atom. The van der Waals surface area contributed by atoms with Crippen molar-refractivity contribution in [3.8, 4) is 5.75 Å². The number of benzene rings is 2. The summed E-state index contributed by atoms with van der Waals surface area (Å²) in [5, 5.41) is 5.43. The van der Waals surface area contributed by atoms with E-state index in [9.17, 15) is 14.4 Å². The predicted octanol–water partition coefficient (Wildman–Crippen LogP) is 2.04. The number of esters is 1. The number of methoxy groups -OCH3 is 1. The Morgan fingerprint density at radius 3 is 2.53 bits per heavy atom. The lowest BCUT2D eigenvalue weighted by molar-refractivity contribution is -0.148. The van der Waals surface area contributed by atoms with Crippen molar-refractivity contribution in [2.75, 3.05) is 38.8 Å². The van der Waals surface area contributed by atoms with Gasteiger partial charge in [-0.2, -0.15) is 0 Å². The molecule has 0 aromatic heterocycles. The Labute approximate surface area is 185 Å². The van der Waals surface area contributed by atoms with E-state index in [0.717, 1.165) is 17.6 Å². The zero-order valence-corrected chi connectivity index (χ0v) is 17.6. The zero-order valence-electron chi connectivity index (χ0n) is 17.6. The number of carbonyl (C=O) groups is 3. The van der Waals surface area contributed by atoms with Gasteiger partial charge in [0, 0.05) is 6.54 Å². The van der Waals surface area contributed by atoms with Gasteiger partial charge in [0.25, 0.3) is 11.8 Å². The van der Waals surface area contributed by atoms with E-state index in [1.165, 1.54) is 0 Å². The minimum Gasteiger partial charge on any atom is -0.497 e. The first kappa shape index (κ1) is 22.7. The SMILES string of the molecule is COc1ccc(CCNC(=O)c2ccccc2NC(=O)COC(=O)C2=COCCO2)cc1. The van der Waals surface area contributed by atoms with E-state index in [-0.39, 0.29) is 18.3 Å². The van der Waals surface area contributed by atoms with E-state index in [0.29, 0.717) is 30.8 Å². The van der Waals surface area contributed by atoms with Crippen LogP contribution in [0.2, 0.25) is 0 Å². The van der Waals surface area contributed by atoms with E-state index in [1.807, 2.05) is 24.3 Å². The van der Waals surface area contributed by atoms with Gasteiger partial charge in [-0.15, -0.1) is 0 Å². The maximum Gasteiger partial charge on any atom is 0.377 e. The molecule has 2 N–H and O–H groups in total. The molecular weight excluding hydrogens is 416 g/mol. The van der Waals surface area contributed by atoms with E-state index >= 15 is 0 Å². The third kappa shape index (κ3) is 6.49. The summed E-state index contributed by atoms with van der Waals surface area (Å²) in [6, 6.07) is 14.2. The number of hydrogen-bond acceptors (Lipinski definition) is 7. The highest BCUT2D eigenvalue weighted by molar-refractivity contribution is 6.04. The number of nitrogens with one attached hydrogen (secondary N) is 2. The monoisotopic (exact) mass is 440 g/mol. The molecule has 3 rings (SSSR count). The van der Waals surface area contributed by atoms with Crippen LogP contribution in [0.25, 0.3) is 0 Å². The van der Waals surface area contributed by atoms with Crippen LogP contribution in [0, 0.1) is 0 Å². The summed E-state index contributed by atoms with van der Waals surface area (Å²) in [7, 11) is 1.60. The van der Waals surface area contributed by atoms with Crippen LogP contribution in [0.15, 0.2) is 60.6 Å². The lowest BCUT2D eigenvalue weighted by Crippen LogP contribution is -2.28. The van der Waals surface area contributed by atoms with Crippen molar-refractivity contribution >= 4 is 23.5 Å². The second kappa shape index (κ2) is 11.4. The molecule has 0 unspecified atom stereocenters. The fourth-order valence-corrected chi connectivity index (χ4v) is 2.86. The van der Waals surface area contributed by atoms with E-state index in [1.54, 1.807) is 31.4 Å². The van der Waals surface area contributed by atoms with Crippen molar-refractivity contribution in [3.63, 3.8) is 0 Å². The van der Waals surface area contributed by atoms with Gasteiger partial charge in [-0.25, -0.2) is 4.79 Å². The Morgan fingerprint density at radius 2 is 1.81 bits per heavy atom. The number of amides is 2. The molecule has 0 saturated carbocycles. The predicted molar refractivity (Wildman–Crippen MR) is 115 cm³/mol. The molecule has 0 radical (unpaired) electrons. The zero-order chi connectivity index (χ0) is 22.8. The number of para-hydroxylation sites is 1. The Balaban J connectivity index is 1.50. The van der Waals surface area contributed by atoms with Gasteiger partial charge in [-0.1, -0.05) is 24.3 Å². The molecule has 168 valence electrons. The average molecular weight is 440 g/mol. The van der Waals surface area contributed by atoms with Gasteiger partial charge in [-0.05, 0) is 36.2 Å². The molecule has 2 amide bonds. The molecule has 1 aliphatic heterocycles. The lowest BCUT2D eigenvalue weighted by Gasteiger charge is -2.15. The molecule has 9 heteroatoms. The van der Waals surface area contributed by atoms with Gasteiger partial charge in [0.2, 0.25) is 5.76 Å². The third-order valence-electron chi connectivity index (χ3n) is 4.49. The van der Waals surface area contributed by atoms with E-state index < -0.39 is 18.5 Å². The number of carbonyl (C=O) groups excluding carboxylic acids is 3. The van der Waals surface area contributed by atoms with E-state index in [2.05, 4.69) is 10.6 Å². The van der Waals surface area contributed by atoms with Crippen LogP contribution in [-0.2, 0) is 30.2 Å². The van der Waals surface area contributed by atoms with Crippen LogP contribution in [0.1, 0.15) is 15.9 Å². The molecule has 0 spiro atoms. The standard InChI is InChI=1S/C23H24N2O7/c1-29-17-8-6-16(7-9-17)10-11-24-22(27)18-4-2-3-5-19(18)25-21(26)15-32-23(28)20-14-30-12-13-31-20/h2-9,14H,10-13,15H2,1H3,(H,24,27)(H,25,26). The van der Waals surface area contributed by atoms with Crippen molar-refractivity contribution in [1.82, 2.24) is 5.32 Å². The Hall–Kier alpha value is -4.01. The summed E-state index contributed by atoms with van der Waals surface area (Å²) in [5.41, 5.74) is 1.66. The maximum absolute atomic E-state index is 12.6. The Bertz CT molecular complexity index is 986. The van der Waals surface area contributed by atoms with Gasteiger partial charge in [0.15, 0.2) is 6.61 Å². The van der Waals surface area contributed by atoms with Gasteiger partial charge < -0.3 is 29.6 Å². The fourth-order valence-electron chi connectivity index (χ4n) is 2.86. The minimum atomic E-state index is -0.801. The van der Waals surface area contributed by atoms with Gasteiger partial charge >= 0.3 is 5.97 Å². The summed E-state index contributed by atoms with van der Waals surface area (Å²) >= 11 is 0. The number of hydrogen-bond donors (Lipinski definition) is 2. The van der Waals surface area contributed by atoms with Crippen LogP contribution < -0.4 is 15.4 Å². The quantitative estimate of drug-likeness (QED) is 0.574. The first-order chi connectivity index (χ1) is 15.6. The molecule has 9 nitrogen and oxygen atoms in total. The molecule has 32 heavy (non-hydrogen) atoms. The van der Waals surface area contributed by atoms with Crippen molar-refractivity contribution in [2.45, 2.75) is 6.42 Å². The Kier molecular flexibility index (Phi) is 8.08. The van der Waals surface area contributed by atoms with Crippen LogP contribution in [0.4, 0.5) is 5.69 Å². The third-order valence-corrected chi connectivity index (χ3v) is 4.49. The average Bonchev–Trinajstić information content (AvgIpc) is 2.83. The first-order valence-corrected chi connectivity index (χ1v) is 9.98. The fraction of sp³-hybridized carbons (Fsp3) is 0.261. The molecular formula is C23H24N2O7. The van der Waals surface area contributed by atoms with Crippen molar-refractivity contribution < 1.29 is 33.3 Å². The normalized spacial score (nSPS) is 12.5. The number of rotatable bonds is 9. The molecule has 0 fully saturated rings. The molecule has 0 atom stereocenters. The van der Waals surface area contributed by atoms with Crippen molar-refractivity contribution in [3.05, 3.63) is 71.7 Å². The van der Waals surface area contributed by atoms with Crippen LogP contribution >= 0.6 is 0 Å². The molecule has 2 aromatic carbocycles. The lowest BCUT2D eigenvalue weighted by atomic mass is 10.1. The maximum atomic E-state index is 12.6. The topological polar surface area (TPSA) is 112 Å². The van der Waals surface area contributed by atoms with Crippen molar-refractivity contribution in [2.24, 2.45) is 0 Å². The summed E-state index contributed by atoms with van der Waals surface area (Å²) in [5.74, 6) is -1.05. The molecule has 0 aliphatic carbocycles. The van der Waals surface area contributed by atoms with Crippen LogP contribution in [0.3, 0.4) is 0 Å². The smallest absolute Gasteiger partial charge is 0.377 e.